The van der Waals surface area contributed by atoms with E-state index in [1.165, 1.54) is 5.56 Å². The first kappa shape index (κ1) is 15.4. The van der Waals surface area contributed by atoms with E-state index >= 15 is 0 Å². The van der Waals surface area contributed by atoms with Crippen molar-refractivity contribution in [3.8, 4) is 11.5 Å². The maximum Gasteiger partial charge on any atom is 0.162 e. The molecule has 21 heavy (non-hydrogen) atoms. The number of nitrogens with one attached hydrogen (secondary N) is 1. The minimum atomic E-state index is 0.211. The summed E-state index contributed by atoms with van der Waals surface area (Å²) in [5.41, 5.74) is 2.10. The Kier molecular flexibility index (Phi) is 5.23. The van der Waals surface area contributed by atoms with E-state index in [2.05, 4.69) is 43.4 Å². The zero-order valence-electron chi connectivity index (χ0n) is 12.8. The Bertz CT molecular complexity index is 567. The first-order valence-electron chi connectivity index (χ1n) is 7.26. The zero-order chi connectivity index (χ0) is 15.2. The summed E-state index contributed by atoms with van der Waals surface area (Å²) in [6, 6.07) is 16.2. The standard InChI is InChI=1S/C18H23NO2/c1-13(2)17(14-8-5-4-6-9-14)19-12-15-10-7-11-16(21-3)18(15)20/h4-11,13,17,19-20H,12H2,1-3H3/t17-/m0/s1. The van der Waals surface area contributed by atoms with Crippen LogP contribution in [0.2, 0.25) is 0 Å². The Hall–Kier alpha value is -2.00. The summed E-state index contributed by atoms with van der Waals surface area (Å²) in [5, 5.41) is 13.7. The average molecular weight is 285 g/mol. The predicted molar refractivity (Wildman–Crippen MR) is 85.5 cm³/mol. The van der Waals surface area contributed by atoms with Gasteiger partial charge in [0.1, 0.15) is 0 Å². The highest BCUT2D eigenvalue weighted by Crippen LogP contribution is 2.30. The second-order valence-corrected chi connectivity index (χ2v) is 5.48. The van der Waals surface area contributed by atoms with Crippen molar-refractivity contribution < 1.29 is 9.84 Å². The van der Waals surface area contributed by atoms with Crippen LogP contribution in [0.4, 0.5) is 0 Å². The van der Waals surface area contributed by atoms with E-state index in [0.29, 0.717) is 18.2 Å². The number of hydrogen-bond donors (Lipinski definition) is 2. The van der Waals surface area contributed by atoms with Crippen LogP contribution in [0.15, 0.2) is 48.5 Å². The number of ether oxygens (including phenoxy) is 1. The number of para-hydroxylation sites is 1. The lowest BCUT2D eigenvalue weighted by atomic mass is 9.96. The molecule has 0 heterocycles. The largest absolute Gasteiger partial charge is 0.504 e. The third-order valence-corrected chi connectivity index (χ3v) is 3.64. The fourth-order valence-electron chi connectivity index (χ4n) is 2.49. The van der Waals surface area contributed by atoms with E-state index in [4.69, 9.17) is 4.74 Å². The molecule has 2 N–H and O–H groups in total. The molecule has 0 saturated heterocycles. The molecule has 0 unspecified atom stereocenters. The first-order chi connectivity index (χ1) is 10.1. The molecule has 0 spiro atoms. The molecule has 0 aliphatic carbocycles. The van der Waals surface area contributed by atoms with Crippen LogP contribution in [0.1, 0.15) is 31.0 Å². The van der Waals surface area contributed by atoms with Gasteiger partial charge in [0.05, 0.1) is 7.11 Å². The van der Waals surface area contributed by atoms with Crippen molar-refractivity contribution in [1.29, 1.82) is 0 Å². The van der Waals surface area contributed by atoms with E-state index < -0.39 is 0 Å². The highest BCUT2D eigenvalue weighted by Gasteiger charge is 2.16. The van der Waals surface area contributed by atoms with Gasteiger partial charge in [-0.25, -0.2) is 0 Å². The quantitative estimate of drug-likeness (QED) is 0.846. The number of hydrogen-bond acceptors (Lipinski definition) is 3. The molecule has 112 valence electrons. The minimum absolute atomic E-state index is 0.211. The Morgan fingerprint density at radius 2 is 1.76 bits per heavy atom. The van der Waals surface area contributed by atoms with Crippen LogP contribution in [-0.2, 0) is 6.54 Å². The van der Waals surface area contributed by atoms with Gasteiger partial charge in [-0.1, -0.05) is 56.3 Å². The molecule has 0 amide bonds. The van der Waals surface area contributed by atoms with E-state index in [1.54, 1.807) is 13.2 Å². The molecule has 0 bridgehead atoms. The van der Waals surface area contributed by atoms with E-state index in [0.717, 1.165) is 5.56 Å². The predicted octanol–water partition coefficient (Wildman–Crippen LogP) is 3.89. The molecule has 0 fully saturated rings. The van der Waals surface area contributed by atoms with Gasteiger partial charge < -0.3 is 15.2 Å². The Balaban J connectivity index is 2.13. The number of rotatable bonds is 6. The highest BCUT2D eigenvalue weighted by atomic mass is 16.5. The van der Waals surface area contributed by atoms with Gasteiger partial charge in [-0.2, -0.15) is 0 Å². The van der Waals surface area contributed by atoms with Gasteiger partial charge in [0.2, 0.25) is 0 Å². The third-order valence-electron chi connectivity index (χ3n) is 3.64. The lowest BCUT2D eigenvalue weighted by Gasteiger charge is -2.23. The van der Waals surface area contributed by atoms with E-state index in [9.17, 15) is 5.11 Å². The lowest BCUT2D eigenvalue weighted by molar-refractivity contribution is 0.364. The monoisotopic (exact) mass is 285 g/mol. The summed E-state index contributed by atoms with van der Waals surface area (Å²) in [6.45, 7) is 4.98. The fraction of sp³-hybridized carbons (Fsp3) is 0.333. The normalized spacial score (nSPS) is 12.4. The summed E-state index contributed by atoms with van der Waals surface area (Å²) in [7, 11) is 1.56. The number of phenols is 1. The van der Waals surface area contributed by atoms with Crippen LogP contribution >= 0.6 is 0 Å². The maximum atomic E-state index is 10.1. The van der Waals surface area contributed by atoms with Crippen molar-refractivity contribution in [3.05, 3.63) is 59.7 Å². The highest BCUT2D eigenvalue weighted by molar-refractivity contribution is 5.45. The molecular formula is C18H23NO2. The molecule has 2 aromatic carbocycles. The van der Waals surface area contributed by atoms with Crippen LogP contribution < -0.4 is 10.1 Å². The van der Waals surface area contributed by atoms with E-state index in [1.807, 2.05) is 18.2 Å². The summed E-state index contributed by atoms with van der Waals surface area (Å²) in [6.07, 6.45) is 0. The summed E-state index contributed by atoms with van der Waals surface area (Å²) in [5.74, 6) is 1.18. The molecule has 3 nitrogen and oxygen atoms in total. The van der Waals surface area contributed by atoms with Crippen molar-refractivity contribution in [2.24, 2.45) is 5.92 Å². The van der Waals surface area contributed by atoms with Gasteiger partial charge in [-0.3, -0.25) is 0 Å². The molecule has 0 saturated carbocycles. The van der Waals surface area contributed by atoms with Crippen molar-refractivity contribution in [1.82, 2.24) is 5.32 Å². The first-order valence-corrected chi connectivity index (χ1v) is 7.26. The Morgan fingerprint density at radius 1 is 1.05 bits per heavy atom. The lowest BCUT2D eigenvalue weighted by Crippen LogP contribution is -2.25. The second kappa shape index (κ2) is 7.14. The van der Waals surface area contributed by atoms with Crippen LogP contribution in [0.25, 0.3) is 0 Å². The summed E-state index contributed by atoms with van der Waals surface area (Å²) >= 11 is 0. The van der Waals surface area contributed by atoms with Gasteiger partial charge >= 0.3 is 0 Å². The van der Waals surface area contributed by atoms with Crippen LogP contribution in [0.3, 0.4) is 0 Å². The Labute approximate surface area is 126 Å². The number of methoxy groups -OCH3 is 1. The van der Waals surface area contributed by atoms with Crippen LogP contribution in [0.5, 0.6) is 11.5 Å². The van der Waals surface area contributed by atoms with E-state index in [-0.39, 0.29) is 11.8 Å². The van der Waals surface area contributed by atoms with Gasteiger partial charge in [-0.15, -0.1) is 0 Å². The molecule has 0 radical (unpaired) electrons. The van der Waals surface area contributed by atoms with Crippen molar-refractivity contribution in [3.63, 3.8) is 0 Å². The molecular weight excluding hydrogens is 262 g/mol. The molecule has 3 heteroatoms. The smallest absolute Gasteiger partial charge is 0.162 e. The maximum absolute atomic E-state index is 10.1. The molecule has 0 aliphatic rings. The zero-order valence-corrected chi connectivity index (χ0v) is 12.8. The van der Waals surface area contributed by atoms with Gasteiger partial charge in [0, 0.05) is 18.2 Å². The minimum Gasteiger partial charge on any atom is -0.504 e. The number of aromatic hydroxyl groups is 1. The molecule has 0 aliphatic heterocycles. The summed E-state index contributed by atoms with van der Waals surface area (Å²) < 4.78 is 5.15. The SMILES string of the molecule is COc1cccc(CN[C@H](c2ccccc2)C(C)C)c1O. The summed E-state index contributed by atoms with van der Waals surface area (Å²) in [4.78, 5) is 0. The molecule has 2 aromatic rings. The number of benzene rings is 2. The van der Waals surface area contributed by atoms with Gasteiger partial charge in [-0.05, 0) is 17.5 Å². The fourth-order valence-corrected chi connectivity index (χ4v) is 2.49. The average Bonchev–Trinajstić information content (AvgIpc) is 2.50. The van der Waals surface area contributed by atoms with Gasteiger partial charge in [0.25, 0.3) is 0 Å². The topological polar surface area (TPSA) is 41.5 Å². The molecule has 1 atom stereocenters. The third kappa shape index (κ3) is 3.76. The second-order valence-electron chi connectivity index (χ2n) is 5.48. The van der Waals surface area contributed by atoms with Crippen molar-refractivity contribution in [2.45, 2.75) is 26.4 Å². The number of phenolic OH excluding ortho intramolecular Hbond substituents is 1. The van der Waals surface area contributed by atoms with Gasteiger partial charge in [0.15, 0.2) is 11.5 Å². The molecule has 2 rings (SSSR count). The van der Waals surface area contributed by atoms with Crippen molar-refractivity contribution >= 4 is 0 Å². The van der Waals surface area contributed by atoms with Crippen molar-refractivity contribution in [2.75, 3.05) is 7.11 Å². The Morgan fingerprint density at radius 3 is 2.38 bits per heavy atom. The van der Waals surface area contributed by atoms with Crippen LogP contribution in [0, 0.1) is 5.92 Å². The van der Waals surface area contributed by atoms with Crippen LogP contribution in [-0.4, -0.2) is 12.2 Å². The molecule has 0 aromatic heterocycles.